The Morgan fingerprint density at radius 2 is 1.68 bits per heavy atom. The van der Waals surface area contributed by atoms with Crippen molar-refractivity contribution in [3.8, 4) is 0 Å². The van der Waals surface area contributed by atoms with Gasteiger partial charge < -0.3 is 9.80 Å². The molecule has 3 aliphatic rings. The molecule has 1 saturated heterocycles. The Bertz CT molecular complexity index is 917. The number of rotatable bonds is 3. The van der Waals surface area contributed by atoms with Crippen LogP contribution >= 0.6 is 0 Å². The van der Waals surface area contributed by atoms with Gasteiger partial charge in [-0.3, -0.25) is 14.5 Å². The van der Waals surface area contributed by atoms with Gasteiger partial charge in [0, 0.05) is 44.8 Å². The molecular formula is C23H25N3O2. The van der Waals surface area contributed by atoms with Crippen LogP contribution in [0.1, 0.15) is 33.5 Å². The Labute approximate surface area is 165 Å². The summed E-state index contributed by atoms with van der Waals surface area (Å²) >= 11 is 0. The highest BCUT2D eigenvalue weighted by Gasteiger charge is 2.33. The molecule has 28 heavy (non-hydrogen) atoms. The van der Waals surface area contributed by atoms with Crippen LogP contribution in [0.2, 0.25) is 0 Å². The molecule has 144 valence electrons. The number of carbonyl (C=O) groups is 2. The highest BCUT2D eigenvalue weighted by molar-refractivity contribution is 6.04. The van der Waals surface area contributed by atoms with E-state index in [1.165, 1.54) is 11.1 Å². The van der Waals surface area contributed by atoms with Crippen LogP contribution in [-0.4, -0.2) is 54.3 Å². The van der Waals surface area contributed by atoms with Gasteiger partial charge >= 0.3 is 0 Å². The minimum Gasteiger partial charge on any atom is -0.336 e. The molecule has 0 atom stereocenters. The zero-order valence-corrected chi connectivity index (χ0v) is 16.1. The minimum absolute atomic E-state index is 0.106. The van der Waals surface area contributed by atoms with Crippen LogP contribution in [0, 0.1) is 0 Å². The highest BCUT2D eigenvalue weighted by atomic mass is 16.2. The van der Waals surface area contributed by atoms with Crippen molar-refractivity contribution in [3.63, 3.8) is 0 Å². The molecule has 3 aliphatic heterocycles. The van der Waals surface area contributed by atoms with Crippen LogP contribution in [0.4, 0.5) is 5.69 Å². The molecule has 5 heteroatoms. The lowest BCUT2D eigenvalue weighted by Gasteiger charge is -2.35. The van der Waals surface area contributed by atoms with E-state index in [4.69, 9.17) is 0 Å². The first-order chi connectivity index (χ1) is 13.7. The second kappa shape index (κ2) is 7.06. The number of hydrogen-bond acceptors (Lipinski definition) is 3. The summed E-state index contributed by atoms with van der Waals surface area (Å²) in [5.74, 6) is 0.282. The summed E-state index contributed by atoms with van der Waals surface area (Å²) in [7, 11) is 0. The summed E-state index contributed by atoms with van der Waals surface area (Å²) in [4.78, 5) is 31.6. The first-order valence-corrected chi connectivity index (χ1v) is 10.2. The van der Waals surface area contributed by atoms with Crippen LogP contribution < -0.4 is 4.90 Å². The van der Waals surface area contributed by atoms with E-state index < -0.39 is 0 Å². The van der Waals surface area contributed by atoms with Crippen molar-refractivity contribution in [2.45, 2.75) is 25.8 Å². The van der Waals surface area contributed by atoms with E-state index in [-0.39, 0.29) is 11.8 Å². The van der Waals surface area contributed by atoms with Gasteiger partial charge in [0.25, 0.3) is 5.91 Å². The van der Waals surface area contributed by atoms with Gasteiger partial charge in [-0.25, -0.2) is 0 Å². The van der Waals surface area contributed by atoms with Crippen molar-refractivity contribution in [2.24, 2.45) is 0 Å². The van der Waals surface area contributed by atoms with Gasteiger partial charge in [0.05, 0.1) is 12.1 Å². The molecule has 2 amide bonds. The first-order valence-electron chi connectivity index (χ1n) is 10.2. The maximum absolute atomic E-state index is 13.1. The third-order valence-corrected chi connectivity index (χ3v) is 6.16. The summed E-state index contributed by atoms with van der Waals surface area (Å²) in [5.41, 5.74) is 5.35. The Morgan fingerprint density at radius 1 is 0.929 bits per heavy atom. The summed E-state index contributed by atoms with van der Waals surface area (Å²) in [6.07, 6.45) is 2.38. The smallest absolute Gasteiger partial charge is 0.253 e. The molecule has 0 aromatic heterocycles. The summed E-state index contributed by atoms with van der Waals surface area (Å²) < 4.78 is 0. The lowest BCUT2D eigenvalue weighted by molar-refractivity contribution is -0.117. The SMILES string of the molecule is O=C(c1cc2c3c(c1)CC(=O)N3CCC2)N1CCN(Cc2ccccc2)CC1. The Balaban J connectivity index is 1.28. The molecule has 0 saturated carbocycles. The Hall–Kier alpha value is -2.66. The second-order valence-electron chi connectivity index (χ2n) is 8.02. The first kappa shape index (κ1) is 17.4. The van der Waals surface area contributed by atoms with Crippen molar-refractivity contribution in [2.75, 3.05) is 37.6 Å². The van der Waals surface area contributed by atoms with Gasteiger partial charge in [-0.2, -0.15) is 0 Å². The van der Waals surface area contributed by atoms with Gasteiger partial charge in [0.15, 0.2) is 0 Å². The van der Waals surface area contributed by atoms with E-state index in [2.05, 4.69) is 29.2 Å². The molecule has 0 bridgehead atoms. The van der Waals surface area contributed by atoms with Gasteiger partial charge in [-0.05, 0) is 41.7 Å². The topological polar surface area (TPSA) is 43.9 Å². The van der Waals surface area contributed by atoms with Crippen LogP contribution in [0.5, 0.6) is 0 Å². The molecule has 0 aliphatic carbocycles. The Kier molecular flexibility index (Phi) is 4.40. The number of piperazine rings is 1. The van der Waals surface area contributed by atoms with Crippen molar-refractivity contribution in [1.82, 2.24) is 9.80 Å². The number of carbonyl (C=O) groups excluding carboxylic acids is 2. The largest absolute Gasteiger partial charge is 0.336 e. The van der Waals surface area contributed by atoms with Crippen LogP contribution in [0.3, 0.4) is 0 Å². The predicted octanol–water partition coefficient (Wildman–Crippen LogP) is 2.48. The van der Waals surface area contributed by atoms with Gasteiger partial charge in [-0.15, -0.1) is 0 Å². The summed E-state index contributed by atoms with van der Waals surface area (Å²) in [5, 5.41) is 0. The fourth-order valence-electron chi connectivity index (χ4n) is 4.74. The van der Waals surface area contributed by atoms with Gasteiger partial charge in [-0.1, -0.05) is 30.3 Å². The van der Waals surface area contributed by atoms with Crippen molar-refractivity contribution in [1.29, 1.82) is 0 Å². The summed E-state index contributed by atoms with van der Waals surface area (Å²) in [6, 6.07) is 14.5. The number of nitrogens with zero attached hydrogens (tertiary/aromatic N) is 3. The zero-order chi connectivity index (χ0) is 19.1. The number of amides is 2. The van der Waals surface area contributed by atoms with E-state index >= 15 is 0 Å². The lowest BCUT2D eigenvalue weighted by Crippen LogP contribution is -2.48. The molecule has 2 aromatic rings. The highest BCUT2D eigenvalue weighted by Crippen LogP contribution is 2.37. The predicted molar refractivity (Wildman–Crippen MR) is 108 cm³/mol. The fraction of sp³-hybridized carbons (Fsp3) is 0.391. The molecule has 1 fully saturated rings. The second-order valence-corrected chi connectivity index (χ2v) is 8.02. The van der Waals surface area contributed by atoms with E-state index in [1.807, 2.05) is 28.0 Å². The standard InChI is InChI=1S/C23H25N3O2/c27-21-15-19-14-20(13-18-7-4-8-26(21)22(18)19)23(28)25-11-9-24(10-12-25)16-17-5-2-1-3-6-17/h1-3,5-6,13-14H,4,7-12,15-16H2. The maximum atomic E-state index is 13.1. The molecule has 0 N–H and O–H groups in total. The molecule has 3 heterocycles. The number of aryl methyl sites for hydroxylation is 1. The van der Waals surface area contributed by atoms with Crippen molar-refractivity contribution >= 4 is 17.5 Å². The lowest BCUT2D eigenvalue weighted by atomic mass is 9.96. The number of hydrogen-bond donors (Lipinski definition) is 0. The van der Waals surface area contributed by atoms with Crippen LogP contribution in [0.15, 0.2) is 42.5 Å². The fourth-order valence-corrected chi connectivity index (χ4v) is 4.74. The molecule has 2 aromatic carbocycles. The molecule has 0 unspecified atom stereocenters. The average molecular weight is 375 g/mol. The number of benzene rings is 2. The molecule has 5 nitrogen and oxygen atoms in total. The third-order valence-electron chi connectivity index (χ3n) is 6.16. The van der Waals surface area contributed by atoms with Crippen molar-refractivity contribution < 1.29 is 9.59 Å². The average Bonchev–Trinajstić information content (AvgIpc) is 3.06. The van der Waals surface area contributed by atoms with Crippen molar-refractivity contribution in [3.05, 3.63) is 64.7 Å². The number of anilines is 1. The molecular weight excluding hydrogens is 350 g/mol. The quantitative estimate of drug-likeness (QED) is 0.828. The van der Waals surface area contributed by atoms with Crippen LogP contribution in [0.25, 0.3) is 0 Å². The van der Waals surface area contributed by atoms with E-state index in [1.54, 1.807) is 0 Å². The monoisotopic (exact) mass is 375 g/mol. The molecule has 5 rings (SSSR count). The molecule has 0 radical (unpaired) electrons. The normalized spacial score (nSPS) is 19.1. The van der Waals surface area contributed by atoms with E-state index in [0.29, 0.717) is 6.42 Å². The van der Waals surface area contributed by atoms with Gasteiger partial charge in [0.1, 0.15) is 0 Å². The third kappa shape index (κ3) is 3.10. The Morgan fingerprint density at radius 3 is 2.46 bits per heavy atom. The van der Waals surface area contributed by atoms with Gasteiger partial charge in [0.2, 0.25) is 5.91 Å². The van der Waals surface area contributed by atoms with E-state index in [0.717, 1.165) is 68.9 Å². The molecule has 0 spiro atoms. The maximum Gasteiger partial charge on any atom is 0.253 e. The van der Waals surface area contributed by atoms with Crippen LogP contribution in [-0.2, 0) is 24.2 Å². The minimum atomic E-state index is 0.106. The zero-order valence-electron chi connectivity index (χ0n) is 16.1. The van der Waals surface area contributed by atoms with E-state index in [9.17, 15) is 9.59 Å². The summed E-state index contributed by atoms with van der Waals surface area (Å²) in [6.45, 7) is 5.04.